The summed E-state index contributed by atoms with van der Waals surface area (Å²) < 4.78 is 11.9. The van der Waals surface area contributed by atoms with Crippen molar-refractivity contribution >= 4 is 24.1 Å². The van der Waals surface area contributed by atoms with Gasteiger partial charge in [0.2, 0.25) is 24.1 Å². The molecule has 0 radical (unpaired) electrons. The SMILES string of the molecule is C[C@@H]1NC(=O)C(N(C)C(=O)CNC=O)c2ccc(OCCN)c(c2)-c2cc(ccc2OCCN)CC(CO)NC1=O. The van der Waals surface area contributed by atoms with Gasteiger partial charge in [0.1, 0.15) is 36.8 Å². The summed E-state index contributed by atoms with van der Waals surface area (Å²) in [5.74, 6) is -0.687. The summed E-state index contributed by atoms with van der Waals surface area (Å²) >= 11 is 0. The number of nitrogens with zero attached hydrogens (tertiary/aromatic N) is 1. The normalized spacial score (nSPS) is 18.8. The van der Waals surface area contributed by atoms with Crippen molar-refractivity contribution in [1.29, 1.82) is 0 Å². The van der Waals surface area contributed by atoms with Gasteiger partial charge < -0.3 is 46.9 Å². The zero-order valence-electron chi connectivity index (χ0n) is 23.2. The molecule has 1 aliphatic rings. The number of carbonyl (C=O) groups is 4. The molecule has 0 aliphatic carbocycles. The summed E-state index contributed by atoms with van der Waals surface area (Å²) in [4.78, 5) is 51.5. The van der Waals surface area contributed by atoms with Crippen molar-refractivity contribution in [2.45, 2.75) is 31.5 Å². The molecule has 0 spiro atoms. The first-order chi connectivity index (χ1) is 19.7. The smallest absolute Gasteiger partial charge is 0.248 e. The van der Waals surface area contributed by atoms with Crippen molar-refractivity contribution in [3.8, 4) is 22.6 Å². The Morgan fingerprint density at radius 1 is 1.05 bits per heavy atom. The van der Waals surface area contributed by atoms with E-state index < -0.39 is 35.8 Å². The molecule has 222 valence electrons. The predicted molar refractivity (Wildman–Crippen MR) is 151 cm³/mol. The minimum Gasteiger partial charge on any atom is -0.492 e. The lowest BCUT2D eigenvalue weighted by molar-refractivity contribution is -0.140. The first-order valence-electron chi connectivity index (χ1n) is 13.3. The number of carbonyl (C=O) groups excluding carboxylic acids is 4. The summed E-state index contributed by atoms with van der Waals surface area (Å²) in [5.41, 5.74) is 13.8. The molecule has 2 aromatic carbocycles. The van der Waals surface area contributed by atoms with Gasteiger partial charge in [-0.2, -0.15) is 0 Å². The van der Waals surface area contributed by atoms with Gasteiger partial charge >= 0.3 is 0 Å². The number of fused-ring (bicyclic) bond motifs is 5. The maximum atomic E-state index is 13.6. The maximum absolute atomic E-state index is 13.6. The number of ether oxygens (including phenoxy) is 2. The van der Waals surface area contributed by atoms with Crippen molar-refractivity contribution in [2.75, 3.05) is 46.5 Å². The molecular weight excluding hydrogens is 532 g/mol. The number of nitrogens with two attached hydrogens (primary N) is 2. The van der Waals surface area contributed by atoms with E-state index in [0.717, 1.165) is 5.56 Å². The van der Waals surface area contributed by atoms with E-state index in [4.69, 9.17) is 20.9 Å². The highest BCUT2D eigenvalue weighted by atomic mass is 16.5. The van der Waals surface area contributed by atoms with Gasteiger partial charge in [-0.25, -0.2) is 0 Å². The lowest BCUT2D eigenvalue weighted by atomic mass is 9.93. The Morgan fingerprint density at radius 2 is 1.68 bits per heavy atom. The van der Waals surface area contributed by atoms with Crippen LogP contribution in [0.5, 0.6) is 11.5 Å². The second kappa shape index (κ2) is 15.0. The molecule has 1 heterocycles. The molecule has 2 aromatic rings. The van der Waals surface area contributed by atoms with Gasteiger partial charge in [-0.1, -0.05) is 12.1 Å². The Balaban J connectivity index is 2.27. The van der Waals surface area contributed by atoms with Gasteiger partial charge in [-0.3, -0.25) is 19.2 Å². The van der Waals surface area contributed by atoms with Crippen LogP contribution in [0, 0.1) is 0 Å². The lowest BCUT2D eigenvalue weighted by Crippen LogP contribution is -2.52. The van der Waals surface area contributed by atoms with E-state index in [-0.39, 0.29) is 39.5 Å². The number of hydrogen-bond acceptors (Lipinski definition) is 9. The third-order valence-electron chi connectivity index (χ3n) is 6.57. The number of hydrogen-bond donors (Lipinski definition) is 6. The zero-order valence-corrected chi connectivity index (χ0v) is 23.2. The Kier molecular flexibility index (Phi) is 11.4. The van der Waals surface area contributed by atoms with Gasteiger partial charge in [0.05, 0.1) is 19.2 Å². The van der Waals surface area contributed by atoms with E-state index in [2.05, 4.69) is 16.0 Å². The summed E-state index contributed by atoms with van der Waals surface area (Å²) in [6, 6.07) is 7.73. The van der Waals surface area contributed by atoms with Crippen LogP contribution < -0.4 is 36.9 Å². The average molecular weight is 571 g/mol. The molecule has 3 atom stereocenters. The first-order valence-corrected chi connectivity index (χ1v) is 13.3. The van der Waals surface area contributed by atoms with Crippen molar-refractivity contribution in [3.63, 3.8) is 0 Å². The molecule has 8 N–H and O–H groups in total. The molecule has 0 fully saturated rings. The molecule has 4 bridgehead atoms. The lowest BCUT2D eigenvalue weighted by Gasteiger charge is -2.30. The van der Waals surface area contributed by atoms with Crippen molar-refractivity contribution in [2.24, 2.45) is 11.5 Å². The molecule has 41 heavy (non-hydrogen) atoms. The monoisotopic (exact) mass is 570 g/mol. The molecule has 2 unspecified atom stereocenters. The van der Waals surface area contributed by atoms with Crippen LogP contribution >= 0.6 is 0 Å². The summed E-state index contributed by atoms with van der Waals surface area (Å²) in [7, 11) is 1.43. The number of benzene rings is 2. The number of aliphatic hydroxyl groups excluding tert-OH is 1. The highest BCUT2D eigenvalue weighted by molar-refractivity contribution is 5.93. The van der Waals surface area contributed by atoms with Crippen LogP contribution in [0.1, 0.15) is 24.1 Å². The molecule has 13 heteroatoms. The topological polar surface area (TPSA) is 198 Å². The van der Waals surface area contributed by atoms with Crippen LogP contribution in [0.25, 0.3) is 11.1 Å². The molecule has 0 aromatic heterocycles. The third-order valence-corrected chi connectivity index (χ3v) is 6.57. The number of nitrogens with one attached hydrogen (secondary N) is 3. The molecule has 3 rings (SSSR count). The highest BCUT2D eigenvalue weighted by Gasteiger charge is 2.32. The molecular formula is C28H38N6O7. The van der Waals surface area contributed by atoms with Crippen LogP contribution in [-0.2, 0) is 25.6 Å². The van der Waals surface area contributed by atoms with Crippen LogP contribution in [0.15, 0.2) is 36.4 Å². The minimum atomic E-state index is -1.18. The zero-order chi connectivity index (χ0) is 29.9. The number of amides is 4. The van der Waals surface area contributed by atoms with Crippen LogP contribution in [-0.4, -0.2) is 92.7 Å². The van der Waals surface area contributed by atoms with E-state index in [9.17, 15) is 24.3 Å². The van der Waals surface area contributed by atoms with Gasteiger partial charge in [-0.05, 0) is 48.7 Å². The minimum absolute atomic E-state index is 0.223. The molecule has 13 nitrogen and oxygen atoms in total. The Labute approximate surface area is 238 Å². The van der Waals surface area contributed by atoms with E-state index >= 15 is 0 Å². The first kappa shape index (κ1) is 31.3. The second-order valence-corrected chi connectivity index (χ2v) is 9.59. The van der Waals surface area contributed by atoms with Crippen molar-refractivity contribution in [3.05, 3.63) is 47.5 Å². The van der Waals surface area contributed by atoms with Crippen molar-refractivity contribution in [1.82, 2.24) is 20.9 Å². The fourth-order valence-electron chi connectivity index (χ4n) is 4.51. The fraction of sp³-hybridized carbons (Fsp3) is 0.429. The Hall–Kier alpha value is -4.20. The molecule has 4 amide bonds. The summed E-state index contributed by atoms with van der Waals surface area (Å²) in [6.45, 7) is 1.85. The summed E-state index contributed by atoms with van der Waals surface area (Å²) in [6.07, 6.45) is 0.691. The second-order valence-electron chi connectivity index (χ2n) is 9.59. The van der Waals surface area contributed by atoms with E-state index in [1.807, 2.05) is 12.1 Å². The predicted octanol–water partition coefficient (Wildman–Crippen LogP) is -1.19. The van der Waals surface area contributed by atoms with E-state index in [1.165, 1.54) is 18.9 Å². The van der Waals surface area contributed by atoms with Crippen LogP contribution in [0.2, 0.25) is 0 Å². The van der Waals surface area contributed by atoms with Gasteiger partial charge in [0.25, 0.3) is 0 Å². The van der Waals surface area contributed by atoms with Crippen LogP contribution in [0.4, 0.5) is 0 Å². The fourth-order valence-corrected chi connectivity index (χ4v) is 4.51. The largest absolute Gasteiger partial charge is 0.492 e. The van der Waals surface area contributed by atoms with E-state index in [0.29, 0.717) is 41.0 Å². The number of aliphatic hydroxyl groups is 1. The van der Waals surface area contributed by atoms with E-state index in [1.54, 1.807) is 24.3 Å². The van der Waals surface area contributed by atoms with Gasteiger partial charge in [-0.15, -0.1) is 0 Å². The molecule has 1 aliphatic heterocycles. The Bertz CT molecular complexity index is 1240. The van der Waals surface area contributed by atoms with Gasteiger partial charge in [0, 0.05) is 31.3 Å². The molecule has 0 saturated heterocycles. The molecule has 0 saturated carbocycles. The maximum Gasteiger partial charge on any atom is 0.248 e. The quantitative estimate of drug-likeness (QED) is 0.180. The third kappa shape index (κ3) is 7.93. The van der Waals surface area contributed by atoms with Crippen LogP contribution in [0.3, 0.4) is 0 Å². The van der Waals surface area contributed by atoms with Gasteiger partial charge in [0.15, 0.2) is 0 Å². The number of likely N-dealkylation sites (N-methyl/N-ethyl adjacent to an activating group) is 1. The number of rotatable bonds is 11. The highest BCUT2D eigenvalue weighted by Crippen LogP contribution is 2.40. The summed E-state index contributed by atoms with van der Waals surface area (Å²) in [5, 5.41) is 17.8. The Morgan fingerprint density at radius 3 is 2.29 bits per heavy atom. The average Bonchev–Trinajstić information content (AvgIpc) is 2.97. The standard InChI is InChI=1S/C28H38N6O7/c1-17-27(38)33-20(15-35)11-18-3-5-23(40-9-7-29)21(12-18)22-13-19(4-6-24(22)41-10-8-30)26(28(39)32-17)34(2)25(37)14-31-16-36/h3-6,12-13,16-17,20,26,35H,7-11,14-15,29-30H2,1-2H3,(H,31,36)(H,32,39)(H,33,38)/t17-,20?,26?/m0/s1. The van der Waals surface area contributed by atoms with Crippen molar-refractivity contribution < 1.29 is 33.8 Å².